The summed E-state index contributed by atoms with van der Waals surface area (Å²) < 4.78 is 27.5. The third-order valence-electron chi connectivity index (χ3n) is 4.72. The highest BCUT2D eigenvalue weighted by atomic mass is 32.2. The van der Waals surface area contributed by atoms with Gasteiger partial charge in [-0.2, -0.15) is 5.10 Å². The Labute approximate surface area is 193 Å². The van der Waals surface area contributed by atoms with E-state index in [4.69, 9.17) is 5.73 Å². The van der Waals surface area contributed by atoms with Gasteiger partial charge in [-0.15, -0.1) is 0 Å². The Balaban J connectivity index is 1.86. The molecule has 0 spiro atoms. The summed E-state index contributed by atoms with van der Waals surface area (Å²) in [6, 6.07) is 9.69. The van der Waals surface area contributed by atoms with Gasteiger partial charge in [0.05, 0.1) is 16.3 Å². The highest BCUT2D eigenvalue weighted by molar-refractivity contribution is 7.92. The molecule has 0 aliphatic heterocycles. The van der Waals surface area contributed by atoms with Crippen LogP contribution >= 0.6 is 0 Å². The Kier molecular flexibility index (Phi) is 7.46. The Hall–Kier alpha value is -3.70. The van der Waals surface area contributed by atoms with Crippen LogP contribution in [0.25, 0.3) is 12.4 Å². The molecule has 3 rings (SSSR count). The average molecular weight is 469 g/mol. The quantitative estimate of drug-likeness (QED) is 0.255. The molecule has 0 aliphatic rings. The van der Waals surface area contributed by atoms with E-state index in [1.54, 1.807) is 30.3 Å². The number of aliphatic imine (C=N–C) groups is 1. The number of nitrogens with one attached hydrogen (secondary N) is 3. The maximum Gasteiger partial charge on any atom is 0.263 e. The summed E-state index contributed by atoms with van der Waals surface area (Å²) in [5.41, 5.74) is 8.07. The summed E-state index contributed by atoms with van der Waals surface area (Å²) in [6.07, 6.45) is 2.80. The summed E-state index contributed by atoms with van der Waals surface area (Å²) in [5, 5.41) is 11.8. The molecule has 0 unspecified atom stereocenters. The van der Waals surface area contributed by atoms with Crippen LogP contribution in [0.4, 0.5) is 5.69 Å². The molecule has 33 heavy (non-hydrogen) atoms. The monoisotopic (exact) mass is 468 g/mol. The Bertz CT molecular complexity index is 1330. The van der Waals surface area contributed by atoms with Gasteiger partial charge in [0, 0.05) is 36.7 Å². The molecule has 1 aromatic carbocycles. The van der Waals surface area contributed by atoms with Gasteiger partial charge >= 0.3 is 0 Å². The lowest BCUT2D eigenvalue weighted by Crippen LogP contribution is -2.34. The minimum atomic E-state index is -3.73. The average Bonchev–Trinajstić information content (AvgIpc) is 3.11. The number of pyridine rings is 1. The first-order valence-electron chi connectivity index (χ1n) is 10.2. The molecule has 2 aromatic heterocycles. The molecule has 0 bridgehead atoms. The van der Waals surface area contributed by atoms with Crippen LogP contribution in [0.15, 0.2) is 58.7 Å². The molecule has 3 aromatic rings. The van der Waals surface area contributed by atoms with Crippen LogP contribution in [0.5, 0.6) is 0 Å². The van der Waals surface area contributed by atoms with Gasteiger partial charge in [-0.1, -0.05) is 6.58 Å². The minimum Gasteiger partial charge on any atom is -0.383 e. The van der Waals surface area contributed by atoms with Gasteiger partial charge in [0.2, 0.25) is 0 Å². The van der Waals surface area contributed by atoms with Gasteiger partial charge < -0.3 is 16.0 Å². The van der Waals surface area contributed by atoms with Crippen molar-refractivity contribution in [1.29, 1.82) is 0 Å². The van der Waals surface area contributed by atoms with Crippen LogP contribution in [-0.4, -0.2) is 61.5 Å². The summed E-state index contributed by atoms with van der Waals surface area (Å²) >= 11 is 0. The van der Waals surface area contributed by atoms with Gasteiger partial charge in [0.15, 0.2) is 0 Å². The predicted molar refractivity (Wildman–Crippen MR) is 130 cm³/mol. The van der Waals surface area contributed by atoms with Crippen LogP contribution in [0.3, 0.4) is 0 Å². The van der Waals surface area contributed by atoms with E-state index in [0.29, 0.717) is 29.0 Å². The van der Waals surface area contributed by atoms with Gasteiger partial charge in [-0.3, -0.25) is 14.8 Å². The van der Waals surface area contributed by atoms with E-state index in [1.807, 2.05) is 21.0 Å². The van der Waals surface area contributed by atoms with E-state index in [9.17, 15) is 8.42 Å². The largest absolute Gasteiger partial charge is 0.383 e. The van der Waals surface area contributed by atoms with Crippen LogP contribution in [-0.2, 0) is 10.0 Å². The lowest BCUT2D eigenvalue weighted by atomic mass is 10.2. The van der Waals surface area contributed by atoms with Gasteiger partial charge in [-0.25, -0.2) is 13.4 Å². The Morgan fingerprint density at radius 2 is 1.97 bits per heavy atom. The van der Waals surface area contributed by atoms with E-state index >= 15 is 0 Å². The van der Waals surface area contributed by atoms with Crippen LogP contribution in [0, 0.1) is 6.92 Å². The highest BCUT2D eigenvalue weighted by Gasteiger charge is 2.14. The zero-order chi connectivity index (χ0) is 24.0. The second-order valence-corrected chi connectivity index (χ2v) is 9.29. The summed E-state index contributed by atoms with van der Waals surface area (Å²) in [5.74, 6) is 0.830. The fraction of sp³-hybridized carbons (Fsp3) is 0.227. The summed E-state index contributed by atoms with van der Waals surface area (Å²) in [4.78, 5) is 10.6. The first kappa shape index (κ1) is 24.0. The van der Waals surface area contributed by atoms with Crippen LogP contribution in [0.1, 0.15) is 11.3 Å². The number of hydrogen-bond donors (Lipinski definition) is 4. The second-order valence-electron chi connectivity index (χ2n) is 7.61. The summed E-state index contributed by atoms with van der Waals surface area (Å²) in [6.45, 7) is 7.30. The first-order valence-corrected chi connectivity index (χ1v) is 11.7. The van der Waals surface area contributed by atoms with Crippen molar-refractivity contribution < 1.29 is 8.42 Å². The number of benzene rings is 1. The van der Waals surface area contributed by atoms with Crippen molar-refractivity contribution in [3.05, 3.63) is 70.6 Å². The molecule has 0 radical (unpaired) electrons. The Morgan fingerprint density at radius 1 is 1.24 bits per heavy atom. The first-order chi connectivity index (χ1) is 15.7. The van der Waals surface area contributed by atoms with Crippen molar-refractivity contribution in [2.45, 2.75) is 11.8 Å². The van der Waals surface area contributed by atoms with E-state index in [-0.39, 0.29) is 10.7 Å². The van der Waals surface area contributed by atoms with Crippen molar-refractivity contribution >= 4 is 33.9 Å². The molecular weight excluding hydrogens is 440 g/mol. The zero-order valence-electron chi connectivity index (χ0n) is 18.8. The summed E-state index contributed by atoms with van der Waals surface area (Å²) in [7, 11) is 0.239. The van der Waals surface area contributed by atoms with E-state index < -0.39 is 10.0 Å². The molecular formula is C22H28N8O2S. The number of nitrogens with zero attached hydrogens (tertiary/aromatic N) is 4. The molecule has 0 aliphatic carbocycles. The van der Waals surface area contributed by atoms with Crippen molar-refractivity contribution in [3.63, 3.8) is 0 Å². The number of hydrogen-bond acceptors (Lipinski definition) is 7. The van der Waals surface area contributed by atoms with Crippen molar-refractivity contribution in [2.75, 3.05) is 31.9 Å². The number of H-pyrrole nitrogens is 1. The lowest BCUT2D eigenvalue weighted by Gasteiger charge is -2.12. The zero-order valence-corrected chi connectivity index (χ0v) is 19.6. The SMILES string of the molecule is C=c1[nH]nc(C)/c1=C(/N=C(\N)c1ccc(NS(=O)(=O)c2cccnc2)cc1)NCCN(C)C. The number of nitrogens with two attached hydrogens (primary N) is 1. The van der Waals surface area contributed by atoms with Crippen molar-refractivity contribution in [3.8, 4) is 0 Å². The molecule has 5 N–H and O–H groups in total. The lowest BCUT2D eigenvalue weighted by molar-refractivity contribution is 0.411. The number of likely N-dealkylation sites (N-methyl/N-ethyl adjacent to an activating group) is 1. The Morgan fingerprint density at radius 3 is 2.55 bits per heavy atom. The molecule has 0 amide bonds. The third-order valence-corrected chi connectivity index (χ3v) is 6.09. The molecule has 2 heterocycles. The fourth-order valence-electron chi connectivity index (χ4n) is 2.99. The van der Waals surface area contributed by atoms with Crippen LogP contribution < -0.4 is 26.3 Å². The minimum absolute atomic E-state index is 0.0812. The van der Waals surface area contributed by atoms with E-state index in [0.717, 1.165) is 17.5 Å². The topological polar surface area (TPSA) is 141 Å². The maximum atomic E-state index is 12.5. The number of anilines is 1. The highest BCUT2D eigenvalue weighted by Crippen LogP contribution is 2.16. The number of sulfonamides is 1. The second kappa shape index (κ2) is 10.3. The molecule has 174 valence electrons. The smallest absolute Gasteiger partial charge is 0.263 e. The van der Waals surface area contributed by atoms with E-state index in [1.165, 1.54) is 18.5 Å². The van der Waals surface area contributed by atoms with E-state index in [2.05, 4.69) is 41.7 Å². The molecule has 0 atom stereocenters. The van der Waals surface area contributed by atoms with Gasteiger partial charge in [0.25, 0.3) is 10.0 Å². The molecule has 11 heteroatoms. The number of rotatable bonds is 9. The van der Waals surface area contributed by atoms with Crippen molar-refractivity contribution in [2.24, 2.45) is 10.7 Å². The number of amidine groups is 1. The molecule has 0 fully saturated rings. The van der Waals surface area contributed by atoms with Gasteiger partial charge in [0.1, 0.15) is 16.6 Å². The van der Waals surface area contributed by atoms with Crippen LogP contribution in [0.2, 0.25) is 0 Å². The molecule has 0 saturated carbocycles. The predicted octanol–water partition coefficient (Wildman–Crippen LogP) is -0.0534. The molecule has 0 saturated heterocycles. The van der Waals surface area contributed by atoms with Gasteiger partial charge in [-0.05, 0) is 57.4 Å². The standard InChI is InChI=1S/C22H28N8O2S/c1-15-20(16(2)28-27-15)22(25-12-13-30(3)4)26-21(23)17-7-9-18(10-8-17)29-33(31,32)19-6-5-11-24-14-19/h5-11,14,25,27,29H,1,12-13H2,2-4H3,(H2,23,26)/b22-20+. The fourth-order valence-corrected chi connectivity index (χ4v) is 4.01. The number of aromatic amines is 1. The molecule has 10 nitrogen and oxygen atoms in total. The normalized spacial score (nSPS) is 13.2. The third kappa shape index (κ3) is 6.18. The number of aromatic nitrogens is 3. The van der Waals surface area contributed by atoms with Crippen molar-refractivity contribution in [1.82, 2.24) is 25.4 Å². The number of aryl methyl sites for hydroxylation is 1. The maximum absolute atomic E-state index is 12.5.